The number of nitrogens with zero attached hydrogens (tertiary/aromatic N) is 4. The number of hydrogen-bond donors (Lipinski definition) is 2. The molecule has 3 rings (SSSR count). The third-order valence-corrected chi connectivity index (χ3v) is 3.97. The molecule has 0 aliphatic heterocycles. The van der Waals surface area contributed by atoms with Gasteiger partial charge >= 0.3 is 0 Å². The van der Waals surface area contributed by atoms with Gasteiger partial charge in [-0.25, -0.2) is 9.97 Å². The molecule has 2 aromatic heterocycles. The Kier molecular flexibility index (Phi) is 3.60. The van der Waals surface area contributed by atoms with Crippen LogP contribution >= 0.6 is 23.3 Å². The molecule has 0 radical (unpaired) electrons. The molecule has 0 saturated carbocycles. The van der Waals surface area contributed by atoms with Gasteiger partial charge in [0.15, 0.2) is 0 Å². The van der Waals surface area contributed by atoms with Crippen LogP contribution in [0.2, 0.25) is 5.02 Å². The van der Waals surface area contributed by atoms with Crippen LogP contribution < -0.4 is 10.6 Å². The van der Waals surface area contributed by atoms with Gasteiger partial charge in [-0.2, -0.15) is 8.75 Å². The summed E-state index contributed by atoms with van der Waals surface area (Å²) in [5.41, 5.74) is 3.18. The first-order valence-corrected chi connectivity index (χ1v) is 7.41. The standard InChI is InChI=1S/C13H13ClN6S/c1-6-12(15-3)16-7(2)17-13(6)18-10-8(14)4-5-9-11(10)20-21-19-9/h4-5H,1-3H3,(H2,15,16,17,18). The lowest BCUT2D eigenvalue weighted by Gasteiger charge is -2.13. The van der Waals surface area contributed by atoms with Crippen molar-refractivity contribution in [2.24, 2.45) is 0 Å². The molecule has 0 amide bonds. The highest BCUT2D eigenvalue weighted by atomic mass is 35.5. The molecule has 0 bridgehead atoms. The minimum absolute atomic E-state index is 0.580. The molecule has 21 heavy (non-hydrogen) atoms. The van der Waals surface area contributed by atoms with Crippen molar-refractivity contribution in [2.75, 3.05) is 17.7 Å². The maximum atomic E-state index is 6.29. The highest BCUT2D eigenvalue weighted by Crippen LogP contribution is 2.33. The molecule has 0 atom stereocenters. The quantitative estimate of drug-likeness (QED) is 0.768. The topological polar surface area (TPSA) is 75.6 Å². The zero-order valence-electron chi connectivity index (χ0n) is 11.7. The van der Waals surface area contributed by atoms with Crippen molar-refractivity contribution in [3.8, 4) is 0 Å². The van der Waals surface area contributed by atoms with Crippen LogP contribution in [0.4, 0.5) is 17.3 Å². The zero-order valence-corrected chi connectivity index (χ0v) is 13.3. The SMILES string of the molecule is CNc1nc(C)nc(Nc2c(Cl)ccc3nsnc23)c1C. The van der Waals surface area contributed by atoms with Crippen LogP contribution in [0.25, 0.3) is 11.0 Å². The lowest BCUT2D eigenvalue weighted by atomic mass is 10.2. The van der Waals surface area contributed by atoms with Crippen molar-refractivity contribution < 1.29 is 0 Å². The van der Waals surface area contributed by atoms with E-state index < -0.39 is 0 Å². The maximum absolute atomic E-state index is 6.29. The second-order valence-corrected chi connectivity index (χ2v) is 5.46. The number of anilines is 3. The van der Waals surface area contributed by atoms with Crippen molar-refractivity contribution in [3.05, 3.63) is 28.5 Å². The number of rotatable bonds is 3. The monoisotopic (exact) mass is 320 g/mol. The van der Waals surface area contributed by atoms with Crippen LogP contribution in [-0.4, -0.2) is 25.8 Å². The molecule has 0 aliphatic carbocycles. The first-order valence-electron chi connectivity index (χ1n) is 6.31. The van der Waals surface area contributed by atoms with Gasteiger partial charge in [-0.05, 0) is 26.0 Å². The Balaban J connectivity index is 2.13. The van der Waals surface area contributed by atoms with Crippen molar-refractivity contribution in [1.29, 1.82) is 0 Å². The third kappa shape index (κ3) is 2.50. The smallest absolute Gasteiger partial charge is 0.139 e. The van der Waals surface area contributed by atoms with E-state index in [0.717, 1.165) is 34.1 Å². The average Bonchev–Trinajstić information content (AvgIpc) is 2.93. The van der Waals surface area contributed by atoms with E-state index in [4.69, 9.17) is 11.6 Å². The molecule has 2 heterocycles. The normalized spacial score (nSPS) is 10.9. The molecule has 3 aromatic rings. The van der Waals surface area contributed by atoms with Gasteiger partial charge in [0.05, 0.1) is 22.4 Å². The van der Waals surface area contributed by atoms with Crippen LogP contribution in [0.1, 0.15) is 11.4 Å². The Hall–Kier alpha value is -1.99. The Morgan fingerprint density at radius 2 is 1.86 bits per heavy atom. The Labute approximate surface area is 130 Å². The van der Waals surface area contributed by atoms with Gasteiger partial charge in [0.2, 0.25) is 0 Å². The van der Waals surface area contributed by atoms with Crippen LogP contribution in [0.5, 0.6) is 0 Å². The van der Waals surface area contributed by atoms with Crippen LogP contribution in [0.15, 0.2) is 12.1 Å². The van der Waals surface area contributed by atoms with Crippen molar-refractivity contribution in [1.82, 2.24) is 18.7 Å². The number of hydrogen-bond acceptors (Lipinski definition) is 7. The summed E-state index contributed by atoms with van der Waals surface area (Å²) in [6, 6.07) is 3.65. The van der Waals surface area contributed by atoms with Gasteiger partial charge < -0.3 is 10.6 Å². The van der Waals surface area contributed by atoms with E-state index in [2.05, 4.69) is 29.3 Å². The highest BCUT2D eigenvalue weighted by Gasteiger charge is 2.14. The summed E-state index contributed by atoms with van der Waals surface area (Å²) in [5, 5.41) is 6.91. The number of halogens is 1. The molecular formula is C13H13ClN6S. The van der Waals surface area contributed by atoms with E-state index in [1.165, 1.54) is 0 Å². The predicted molar refractivity (Wildman–Crippen MR) is 86.8 cm³/mol. The van der Waals surface area contributed by atoms with Gasteiger partial charge in [-0.15, -0.1) is 0 Å². The summed E-state index contributed by atoms with van der Waals surface area (Å²) in [5.74, 6) is 2.16. The van der Waals surface area contributed by atoms with E-state index in [1.807, 2.05) is 27.0 Å². The summed E-state index contributed by atoms with van der Waals surface area (Å²) in [6.45, 7) is 3.79. The lowest BCUT2D eigenvalue weighted by Crippen LogP contribution is -2.05. The van der Waals surface area contributed by atoms with Crippen molar-refractivity contribution >= 4 is 51.7 Å². The van der Waals surface area contributed by atoms with E-state index in [1.54, 1.807) is 6.07 Å². The van der Waals surface area contributed by atoms with Gasteiger partial charge in [-0.1, -0.05) is 11.6 Å². The fourth-order valence-corrected chi connectivity index (χ4v) is 2.80. The summed E-state index contributed by atoms with van der Waals surface area (Å²) >= 11 is 7.45. The van der Waals surface area contributed by atoms with E-state index in [0.29, 0.717) is 22.4 Å². The van der Waals surface area contributed by atoms with Gasteiger partial charge in [-0.3, -0.25) is 0 Å². The Bertz CT molecular complexity index is 816. The minimum atomic E-state index is 0.580. The molecule has 2 N–H and O–H groups in total. The van der Waals surface area contributed by atoms with Crippen molar-refractivity contribution in [2.45, 2.75) is 13.8 Å². The zero-order chi connectivity index (χ0) is 15.0. The summed E-state index contributed by atoms with van der Waals surface area (Å²) in [7, 11) is 1.83. The molecule has 0 aliphatic rings. The van der Waals surface area contributed by atoms with E-state index >= 15 is 0 Å². The molecule has 0 spiro atoms. The van der Waals surface area contributed by atoms with E-state index in [-0.39, 0.29) is 0 Å². The number of aromatic nitrogens is 4. The molecule has 8 heteroatoms. The number of aryl methyl sites for hydroxylation is 1. The molecule has 0 saturated heterocycles. The van der Waals surface area contributed by atoms with Gasteiger partial charge in [0.1, 0.15) is 28.5 Å². The summed E-state index contributed by atoms with van der Waals surface area (Å²) in [6.07, 6.45) is 0. The molecule has 1 aromatic carbocycles. The number of fused-ring (bicyclic) bond motifs is 1. The van der Waals surface area contributed by atoms with Crippen LogP contribution in [0, 0.1) is 13.8 Å². The molecule has 0 fully saturated rings. The first-order chi connectivity index (χ1) is 10.1. The minimum Gasteiger partial charge on any atom is -0.373 e. The maximum Gasteiger partial charge on any atom is 0.139 e. The second kappa shape index (κ2) is 5.42. The summed E-state index contributed by atoms with van der Waals surface area (Å²) < 4.78 is 8.52. The fourth-order valence-electron chi connectivity index (χ4n) is 2.06. The second-order valence-electron chi connectivity index (χ2n) is 4.52. The van der Waals surface area contributed by atoms with Crippen molar-refractivity contribution in [3.63, 3.8) is 0 Å². The fraction of sp³-hybridized carbons (Fsp3) is 0.231. The van der Waals surface area contributed by atoms with E-state index in [9.17, 15) is 0 Å². The molecular weight excluding hydrogens is 308 g/mol. The molecule has 0 unspecified atom stereocenters. The Morgan fingerprint density at radius 1 is 1.10 bits per heavy atom. The van der Waals surface area contributed by atoms with Crippen LogP contribution in [-0.2, 0) is 0 Å². The third-order valence-electron chi connectivity index (χ3n) is 3.11. The Morgan fingerprint density at radius 3 is 2.62 bits per heavy atom. The number of benzene rings is 1. The first kappa shape index (κ1) is 14.0. The lowest BCUT2D eigenvalue weighted by molar-refractivity contribution is 1.04. The summed E-state index contributed by atoms with van der Waals surface area (Å²) in [4.78, 5) is 8.79. The van der Waals surface area contributed by atoms with Crippen LogP contribution in [0.3, 0.4) is 0 Å². The molecule has 108 valence electrons. The largest absolute Gasteiger partial charge is 0.373 e. The predicted octanol–water partition coefficient (Wildman–Crippen LogP) is 3.54. The average molecular weight is 321 g/mol. The number of nitrogens with one attached hydrogen (secondary N) is 2. The molecule has 6 nitrogen and oxygen atoms in total. The van der Waals surface area contributed by atoms with Gasteiger partial charge in [0.25, 0.3) is 0 Å². The van der Waals surface area contributed by atoms with Gasteiger partial charge in [0, 0.05) is 12.6 Å². The highest BCUT2D eigenvalue weighted by molar-refractivity contribution is 7.00.